The fourth-order valence-corrected chi connectivity index (χ4v) is 8.93. The van der Waals surface area contributed by atoms with Gasteiger partial charge in [0.15, 0.2) is 0 Å². The van der Waals surface area contributed by atoms with Crippen LogP contribution in [0.1, 0.15) is 40.0 Å². The summed E-state index contributed by atoms with van der Waals surface area (Å²) in [6.07, 6.45) is 1.69. The second kappa shape index (κ2) is 14.1. The van der Waals surface area contributed by atoms with Crippen LogP contribution in [0.3, 0.4) is 0 Å². The molecule has 0 aliphatic carbocycles. The number of fused-ring (bicyclic) bond motifs is 10. The second-order valence-corrected chi connectivity index (χ2v) is 16.4. The number of anilines is 4. The van der Waals surface area contributed by atoms with Crippen molar-refractivity contribution in [2.75, 3.05) is 9.80 Å². The monoisotopic (exact) mass is 994 g/mol. The molecule has 1 aliphatic heterocycles. The van der Waals surface area contributed by atoms with Crippen molar-refractivity contribution >= 4 is 88.2 Å². The van der Waals surface area contributed by atoms with Crippen molar-refractivity contribution < 1.29 is 39.5 Å². The van der Waals surface area contributed by atoms with Crippen molar-refractivity contribution in [3.63, 3.8) is 0 Å². The largest absolute Gasteiger partial charge is 0.509 e. The molecule has 4 aromatic heterocycles. The SMILES string of the molecule is [2H]c1c([2H])c([2H])c2c(c1[2H])c1ccc(Oc3[c-]c(N4[CH-]N(c5c6c(cc7c8ccccc8n(C([2H])([2H])[2H])c57)c5ccccc5n6C([2H])([2H])[2H])c5ccccc54)ccc3)[c-]c1n2-c1cc(C(C)(C)C)ccn1.[Pt]. The quantitative estimate of drug-likeness (QED) is 0.161. The van der Waals surface area contributed by atoms with Gasteiger partial charge in [-0.15, -0.1) is 48.1 Å². The van der Waals surface area contributed by atoms with Crippen LogP contribution in [-0.2, 0) is 40.4 Å². The molecule has 0 spiro atoms. The van der Waals surface area contributed by atoms with Gasteiger partial charge in [-0.2, -0.15) is 12.1 Å². The predicted molar refractivity (Wildman–Crippen MR) is 251 cm³/mol. The summed E-state index contributed by atoms with van der Waals surface area (Å²) in [7, 11) is 0. The van der Waals surface area contributed by atoms with Crippen molar-refractivity contribution in [3.05, 3.63) is 176 Å². The van der Waals surface area contributed by atoms with Crippen molar-refractivity contribution in [2.45, 2.75) is 26.2 Å². The molecule has 0 fully saturated rings. The van der Waals surface area contributed by atoms with E-state index in [0.29, 0.717) is 94.2 Å². The first kappa shape index (κ1) is 28.7. The molecule has 1 aliphatic rings. The first-order valence-electron chi connectivity index (χ1n) is 25.0. The smallest absolute Gasteiger partial charge is 0.135 e. The zero-order chi connectivity index (χ0) is 49.6. The Labute approximate surface area is 388 Å². The molecule has 0 bridgehead atoms. The molecular formula is C54H41N6OPt-3. The topological polar surface area (TPSA) is 43.4 Å². The standard InChI is InChI=1S/C54H41N6O.Pt/c1-54(2,3)34-27-28-55-50(29-34)60-46-22-11-8-17-38(46)41-26-25-37(31-49(41)60)61-36-16-14-15-35(30-36)58-33-59(48-24-13-12-23-47(48)58)53-51-42(39-18-6-9-20-44(39)56(51)4)32-43-40-19-7-10-21-45(40)57(5)52(43)53;/h6-29,32-33H,1-5H3;/q-3;/i4D3,5D3,8D,11D,17D,22D;. The Morgan fingerprint density at radius 2 is 1.29 bits per heavy atom. The Hall–Kier alpha value is -6.82. The van der Waals surface area contributed by atoms with Gasteiger partial charge in [0.2, 0.25) is 0 Å². The number of benzene rings is 7. The van der Waals surface area contributed by atoms with Gasteiger partial charge >= 0.3 is 0 Å². The minimum Gasteiger partial charge on any atom is -0.509 e. The van der Waals surface area contributed by atoms with E-state index < -0.39 is 14.0 Å². The molecule has 8 heteroatoms. The summed E-state index contributed by atoms with van der Waals surface area (Å²) in [5.74, 6) is 1.06. The Morgan fingerprint density at radius 1 is 0.629 bits per heavy atom. The molecule has 0 radical (unpaired) electrons. The van der Waals surface area contributed by atoms with E-state index in [-0.39, 0.29) is 61.9 Å². The van der Waals surface area contributed by atoms with E-state index in [0.717, 1.165) is 5.56 Å². The molecule has 7 aromatic carbocycles. The van der Waals surface area contributed by atoms with Gasteiger partial charge in [0.05, 0.1) is 22.2 Å². The summed E-state index contributed by atoms with van der Waals surface area (Å²) in [5, 5.41) is 3.61. The first-order valence-corrected chi connectivity index (χ1v) is 20.0. The Balaban J connectivity index is 0.00000560. The number of rotatable bonds is 5. The van der Waals surface area contributed by atoms with Crippen LogP contribution in [-0.4, -0.2) is 18.7 Å². The molecular weight excluding hydrogens is 944 g/mol. The predicted octanol–water partition coefficient (Wildman–Crippen LogP) is 13.6. The minimum atomic E-state index is -2.66. The summed E-state index contributed by atoms with van der Waals surface area (Å²) < 4.78 is 99.6. The molecule has 0 unspecified atom stereocenters. The van der Waals surface area contributed by atoms with Gasteiger partial charge < -0.3 is 28.2 Å². The molecule has 62 heavy (non-hydrogen) atoms. The van der Waals surface area contributed by atoms with Crippen molar-refractivity contribution in [1.82, 2.24) is 18.7 Å². The van der Waals surface area contributed by atoms with Crippen LogP contribution in [0.2, 0.25) is 0 Å². The molecule has 11 aromatic rings. The number of pyridine rings is 1. The van der Waals surface area contributed by atoms with Gasteiger partial charge in [0.25, 0.3) is 0 Å². The summed E-state index contributed by atoms with van der Waals surface area (Å²) in [6, 6.07) is 42.7. The van der Waals surface area contributed by atoms with Crippen LogP contribution in [0.15, 0.2) is 152 Å². The van der Waals surface area contributed by atoms with Crippen molar-refractivity contribution in [2.24, 2.45) is 14.0 Å². The number of hydrogen-bond donors (Lipinski definition) is 0. The number of ether oxygens (including phenoxy) is 1. The third kappa shape index (κ3) is 5.64. The Morgan fingerprint density at radius 3 is 2.00 bits per heavy atom. The number of aromatic nitrogens is 4. The third-order valence-electron chi connectivity index (χ3n) is 11.8. The van der Waals surface area contributed by atoms with Crippen LogP contribution < -0.4 is 14.5 Å². The third-order valence-corrected chi connectivity index (χ3v) is 11.8. The number of nitrogens with zero attached hydrogens (tertiary/aromatic N) is 6. The zero-order valence-corrected chi connectivity index (χ0v) is 35.9. The van der Waals surface area contributed by atoms with E-state index in [1.165, 1.54) is 9.13 Å². The average Bonchev–Trinajstić information content (AvgIpc) is 4.09. The van der Waals surface area contributed by atoms with Crippen LogP contribution in [0.4, 0.5) is 22.7 Å². The molecule has 0 N–H and O–H groups in total. The van der Waals surface area contributed by atoms with Gasteiger partial charge in [0, 0.05) is 110 Å². The van der Waals surface area contributed by atoms with Gasteiger partial charge in [-0.1, -0.05) is 92.9 Å². The van der Waals surface area contributed by atoms with Gasteiger partial charge in [-0.25, -0.2) is 4.98 Å². The molecule has 0 amide bonds. The number of aryl methyl sites for hydroxylation is 2. The molecule has 0 atom stereocenters. The summed E-state index contributed by atoms with van der Waals surface area (Å²) in [4.78, 5) is 8.47. The summed E-state index contributed by atoms with van der Waals surface area (Å²) >= 11 is 0. The number of para-hydroxylation sites is 5. The van der Waals surface area contributed by atoms with E-state index >= 15 is 0 Å². The van der Waals surface area contributed by atoms with Crippen LogP contribution in [0, 0.1) is 18.8 Å². The number of hydrogen-bond acceptors (Lipinski definition) is 4. The van der Waals surface area contributed by atoms with Crippen molar-refractivity contribution in [3.8, 4) is 17.3 Å². The van der Waals surface area contributed by atoms with E-state index in [1.54, 1.807) is 53.2 Å². The Bertz CT molecular complexity index is 3950. The second-order valence-electron chi connectivity index (χ2n) is 16.4. The van der Waals surface area contributed by atoms with Gasteiger partial charge in [-0.3, -0.25) is 0 Å². The fraction of sp³-hybridized carbons (Fsp3) is 0.111. The normalized spacial score (nSPS) is 15.7. The van der Waals surface area contributed by atoms with Gasteiger partial charge in [0.1, 0.15) is 5.82 Å². The van der Waals surface area contributed by atoms with Crippen LogP contribution >= 0.6 is 0 Å². The van der Waals surface area contributed by atoms with Crippen molar-refractivity contribution in [1.29, 1.82) is 0 Å². The van der Waals surface area contributed by atoms with Crippen LogP contribution in [0.25, 0.3) is 71.2 Å². The fourth-order valence-electron chi connectivity index (χ4n) is 8.93. The van der Waals surface area contributed by atoms with E-state index in [1.807, 2.05) is 95.3 Å². The van der Waals surface area contributed by atoms with Gasteiger partial charge in [-0.05, 0) is 64.9 Å². The average molecular weight is 995 g/mol. The first-order chi connectivity index (χ1) is 33.8. The maximum atomic E-state index is 9.04. The van der Waals surface area contributed by atoms with E-state index in [9.17, 15) is 0 Å². The van der Waals surface area contributed by atoms with E-state index in [4.69, 9.17) is 23.4 Å². The van der Waals surface area contributed by atoms with Crippen LogP contribution in [0.5, 0.6) is 11.5 Å². The molecule has 0 saturated heterocycles. The molecule has 7 nitrogen and oxygen atoms in total. The Kier molecular flexibility index (Phi) is 6.53. The molecule has 306 valence electrons. The molecule has 0 saturated carbocycles. The zero-order valence-electron chi connectivity index (χ0n) is 43.6. The maximum absolute atomic E-state index is 9.04. The summed E-state index contributed by atoms with van der Waals surface area (Å²) in [6.45, 7) is 2.75. The maximum Gasteiger partial charge on any atom is 0.135 e. The van der Waals surface area contributed by atoms with E-state index in [2.05, 4.69) is 32.9 Å². The minimum absolute atomic E-state index is 0. The summed E-state index contributed by atoms with van der Waals surface area (Å²) in [5.41, 5.74) is 5.41. The molecule has 12 rings (SSSR count). The molecule has 5 heterocycles.